The Morgan fingerprint density at radius 2 is 1.43 bits per heavy atom. The molecule has 0 amide bonds. The quantitative estimate of drug-likeness (QED) is 0.468. The Hall–Kier alpha value is -0.200. The third kappa shape index (κ3) is 8.12. The summed E-state index contributed by atoms with van der Waals surface area (Å²) >= 11 is 0. The molecule has 0 aliphatic rings. The first-order chi connectivity index (χ1) is 10.2. The van der Waals surface area contributed by atoms with Gasteiger partial charge in [0.2, 0.25) is 0 Å². The molecule has 0 saturated heterocycles. The van der Waals surface area contributed by atoms with E-state index in [0.29, 0.717) is 33.0 Å². The van der Waals surface area contributed by atoms with Gasteiger partial charge in [0.05, 0.1) is 33.0 Å². The van der Waals surface area contributed by atoms with Gasteiger partial charge in [0, 0.05) is 25.7 Å². The van der Waals surface area contributed by atoms with Crippen molar-refractivity contribution in [2.45, 2.75) is 45.6 Å². The molecule has 2 N–H and O–H groups in total. The maximum absolute atomic E-state index is 6.04. The van der Waals surface area contributed by atoms with Crippen molar-refractivity contribution in [3.8, 4) is 0 Å². The average Bonchev–Trinajstić information content (AvgIpc) is 2.52. The molecule has 0 spiro atoms. The van der Waals surface area contributed by atoms with Gasteiger partial charge in [-0.1, -0.05) is 20.8 Å². The van der Waals surface area contributed by atoms with Crippen molar-refractivity contribution >= 4 is 0 Å². The maximum Gasteiger partial charge on any atom is 0.0701 e. The molecule has 5 heteroatoms. The van der Waals surface area contributed by atoms with Gasteiger partial charge in [0.1, 0.15) is 0 Å². The van der Waals surface area contributed by atoms with E-state index < -0.39 is 0 Å². The molecule has 0 unspecified atom stereocenters. The van der Waals surface area contributed by atoms with Gasteiger partial charge in [-0.15, -0.1) is 0 Å². The molecule has 0 aromatic heterocycles. The Labute approximate surface area is 131 Å². The molecule has 0 saturated carbocycles. The van der Waals surface area contributed by atoms with E-state index in [1.807, 2.05) is 0 Å². The third-order valence-corrected chi connectivity index (χ3v) is 4.17. The van der Waals surface area contributed by atoms with Crippen molar-refractivity contribution in [2.75, 3.05) is 59.8 Å². The van der Waals surface area contributed by atoms with Crippen LogP contribution in [0.25, 0.3) is 0 Å². The van der Waals surface area contributed by atoms with Crippen LogP contribution in [0, 0.1) is 0 Å². The van der Waals surface area contributed by atoms with Gasteiger partial charge < -0.3 is 19.9 Å². The fraction of sp³-hybridized carbons (Fsp3) is 1.00. The summed E-state index contributed by atoms with van der Waals surface area (Å²) in [5, 5.41) is 0. The van der Waals surface area contributed by atoms with Crippen LogP contribution in [0.4, 0.5) is 0 Å². The predicted octanol–water partition coefficient (Wildman–Crippen LogP) is 1.90. The lowest BCUT2D eigenvalue weighted by Crippen LogP contribution is -2.54. The molecular formula is C16H36N2O3. The Bertz CT molecular complexity index is 215. The zero-order chi connectivity index (χ0) is 16.0. The van der Waals surface area contributed by atoms with Crippen LogP contribution < -0.4 is 5.73 Å². The second kappa shape index (κ2) is 13.5. The Kier molecular flexibility index (Phi) is 13.3. The number of hydrogen-bond acceptors (Lipinski definition) is 5. The molecule has 0 aromatic rings. The molecule has 0 aliphatic carbocycles. The molecule has 0 bridgehead atoms. The number of methoxy groups -OCH3 is 1. The van der Waals surface area contributed by atoms with Crippen LogP contribution in [0.15, 0.2) is 0 Å². The molecule has 5 nitrogen and oxygen atoms in total. The van der Waals surface area contributed by atoms with E-state index in [4.69, 9.17) is 19.9 Å². The van der Waals surface area contributed by atoms with Crippen LogP contribution in [0.1, 0.15) is 40.0 Å². The van der Waals surface area contributed by atoms with Crippen LogP contribution in [0.2, 0.25) is 0 Å². The van der Waals surface area contributed by atoms with Crippen molar-refractivity contribution in [1.82, 2.24) is 4.90 Å². The summed E-state index contributed by atoms with van der Waals surface area (Å²) in [4.78, 5) is 2.50. The SMILES string of the molecule is CCCN(CCOCCOCCOC)C(CC)(CC)CN. The summed E-state index contributed by atoms with van der Waals surface area (Å²) in [6.07, 6.45) is 3.31. The average molecular weight is 304 g/mol. The first kappa shape index (κ1) is 20.8. The van der Waals surface area contributed by atoms with Crippen molar-refractivity contribution in [1.29, 1.82) is 0 Å². The highest BCUT2D eigenvalue weighted by Gasteiger charge is 2.30. The normalized spacial score (nSPS) is 12.3. The smallest absolute Gasteiger partial charge is 0.0701 e. The minimum atomic E-state index is 0.119. The van der Waals surface area contributed by atoms with Crippen LogP contribution in [-0.2, 0) is 14.2 Å². The predicted molar refractivity (Wildman–Crippen MR) is 87.7 cm³/mol. The number of ether oxygens (including phenoxy) is 3. The van der Waals surface area contributed by atoms with E-state index in [9.17, 15) is 0 Å². The Morgan fingerprint density at radius 1 is 0.857 bits per heavy atom. The highest BCUT2D eigenvalue weighted by atomic mass is 16.5. The monoisotopic (exact) mass is 304 g/mol. The van der Waals surface area contributed by atoms with Crippen molar-refractivity contribution in [3.63, 3.8) is 0 Å². The number of nitrogens with two attached hydrogens (primary N) is 1. The highest BCUT2D eigenvalue weighted by Crippen LogP contribution is 2.22. The van der Waals surface area contributed by atoms with E-state index in [0.717, 1.165) is 39.0 Å². The van der Waals surface area contributed by atoms with Gasteiger partial charge in [-0.3, -0.25) is 4.90 Å². The molecule has 0 fully saturated rings. The summed E-state index contributed by atoms with van der Waals surface area (Å²) in [5.74, 6) is 0. The zero-order valence-corrected chi connectivity index (χ0v) is 14.5. The summed E-state index contributed by atoms with van der Waals surface area (Å²) in [5.41, 5.74) is 6.16. The Morgan fingerprint density at radius 3 is 1.90 bits per heavy atom. The minimum absolute atomic E-state index is 0.119. The van der Waals surface area contributed by atoms with E-state index in [1.165, 1.54) is 0 Å². The van der Waals surface area contributed by atoms with Crippen LogP contribution in [-0.4, -0.2) is 70.2 Å². The third-order valence-electron chi connectivity index (χ3n) is 4.17. The van der Waals surface area contributed by atoms with Gasteiger partial charge in [-0.25, -0.2) is 0 Å². The molecule has 0 rings (SSSR count). The lowest BCUT2D eigenvalue weighted by Gasteiger charge is -2.42. The van der Waals surface area contributed by atoms with Crippen LogP contribution in [0.5, 0.6) is 0 Å². The van der Waals surface area contributed by atoms with Crippen molar-refractivity contribution in [3.05, 3.63) is 0 Å². The first-order valence-corrected chi connectivity index (χ1v) is 8.30. The highest BCUT2D eigenvalue weighted by molar-refractivity contribution is 4.89. The zero-order valence-electron chi connectivity index (χ0n) is 14.5. The summed E-state index contributed by atoms with van der Waals surface area (Å²) in [7, 11) is 1.67. The van der Waals surface area contributed by atoms with Gasteiger partial charge in [0.25, 0.3) is 0 Å². The van der Waals surface area contributed by atoms with E-state index in [1.54, 1.807) is 7.11 Å². The minimum Gasteiger partial charge on any atom is -0.382 e. The standard InChI is InChI=1S/C16H36N2O3/c1-5-8-18(16(6-2,7-3)15-17)9-10-20-13-14-21-12-11-19-4/h5-15,17H2,1-4H3. The molecular weight excluding hydrogens is 268 g/mol. The molecule has 0 aromatic carbocycles. The number of nitrogens with zero attached hydrogens (tertiary/aromatic N) is 1. The Balaban J connectivity index is 3.99. The summed E-state index contributed by atoms with van der Waals surface area (Å²) in [6, 6.07) is 0. The molecule has 21 heavy (non-hydrogen) atoms. The number of hydrogen-bond donors (Lipinski definition) is 1. The second-order valence-electron chi connectivity index (χ2n) is 5.34. The molecule has 0 atom stereocenters. The molecule has 128 valence electrons. The maximum atomic E-state index is 6.04. The van der Waals surface area contributed by atoms with Gasteiger partial charge in [0.15, 0.2) is 0 Å². The molecule has 0 radical (unpaired) electrons. The van der Waals surface area contributed by atoms with E-state index in [-0.39, 0.29) is 5.54 Å². The van der Waals surface area contributed by atoms with Gasteiger partial charge in [-0.2, -0.15) is 0 Å². The lowest BCUT2D eigenvalue weighted by atomic mass is 9.90. The van der Waals surface area contributed by atoms with Gasteiger partial charge >= 0.3 is 0 Å². The van der Waals surface area contributed by atoms with Crippen molar-refractivity contribution < 1.29 is 14.2 Å². The topological polar surface area (TPSA) is 57.0 Å². The van der Waals surface area contributed by atoms with Gasteiger partial charge in [-0.05, 0) is 25.8 Å². The fourth-order valence-electron chi connectivity index (χ4n) is 2.61. The number of rotatable bonds is 15. The lowest BCUT2D eigenvalue weighted by molar-refractivity contribution is 0.00483. The van der Waals surface area contributed by atoms with Crippen LogP contribution >= 0.6 is 0 Å². The van der Waals surface area contributed by atoms with Crippen molar-refractivity contribution in [2.24, 2.45) is 5.73 Å². The molecule has 0 aliphatic heterocycles. The molecule has 0 heterocycles. The summed E-state index contributed by atoms with van der Waals surface area (Å²) in [6.45, 7) is 12.6. The first-order valence-electron chi connectivity index (χ1n) is 8.30. The summed E-state index contributed by atoms with van der Waals surface area (Å²) < 4.78 is 16.0. The van der Waals surface area contributed by atoms with E-state index in [2.05, 4.69) is 25.7 Å². The fourth-order valence-corrected chi connectivity index (χ4v) is 2.61. The van der Waals surface area contributed by atoms with E-state index >= 15 is 0 Å². The second-order valence-corrected chi connectivity index (χ2v) is 5.34. The largest absolute Gasteiger partial charge is 0.382 e. The van der Waals surface area contributed by atoms with Crippen LogP contribution in [0.3, 0.4) is 0 Å².